The summed E-state index contributed by atoms with van der Waals surface area (Å²) in [6, 6.07) is 14.9. The predicted octanol–water partition coefficient (Wildman–Crippen LogP) is 2.45. The highest BCUT2D eigenvalue weighted by atomic mass is 16.5. The summed E-state index contributed by atoms with van der Waals surface area (Å²) in [5.74, 6) is 1.27. The van der Waals surface area contributed by atoms with Crippen LogP contribution in [0.1, 0.15) is 28.9 Å². The zero-order valence-electron chi connectivity index (χ0n) is 19.9. The van der Waals surface area contributed by atoms with Crippen LogP contribution in [0.15, 0.2) is 48.5 Å². The molecule has 0 radical (unpaired) electrons. The Morgan fingerprint density at radius 3 is 2.44 bits per heavy atom. The molecule has 0 aromatic heterocycles. The third kappa shape index (κ3) is 5.69. The van der Waals surface area contributed by atoms with Gasteiger partial charge in [-0.1, -0.05) is 24.3 Å². The van der Waals surface area contributed by atoms with Crippen molar-refractivity contribution in [3.8, 4) is 11.5 Å². The van der Waals surface area contributed by atoms with Crippen LogP contribution >= 0.6 is 0 Å². The van der Waals surface area contributed by atoms with Gasteiger partial charge in [0.1, 0.15) is 18.1 Å². The molecular weight excluding hydrogens is 434 g/mol. The van der Waals surface area contributed by atoms with Crippen molar-refractivity contribution >= 4 is 11.8 Å². The van der Waals surface area contributed by atoms with Crippen LogP contribution < -0.4 is 9.47 Å². The van der Waals surface area contributed by atoms with E-state index in [0.29, 0.717) is 37.6 Å². The number of benzene rings is 2. The summed E-state index contributed by atoms with van der Waals surface area (Å²) in [5.41, 5.74) is 1.53. The molecule has 2 aromatic carbocycles. The Labute approximate surface area is 201 Å². The highest BCUT2D eigenvalue weighted by Gasteiger charge is 2.33. The first kappa shape index (κ1) is 24.0. The van der Waals surface area contributed by atoms with Crippen LogP contribution in [0.2, 0.25) is 0 Å². The molecule has 2 saturated heterocycles. The van der Waals surface area contributed by atoms with E-state index in [1.54, 1.807) is 14.0 Å². The maximum Gasteiger partial charge on any atom is 0.257 e. The van der Waals surface area contributed by atoms with Crippen molar-refractivity contribution in [2.45, 2.75) is 13.0 Å². The van der Waals surface area contributed by atoms with E-state index in [-0.39, 0.29) is 17.9 Å². The lowest BCUT2D eigenvalue weighted by atomic mass is 10.0. The molecule has 0 N–H and O–H groups in total. The van der Waals surface area contributed by atoms with E-state index in [9.17, 15) is 9.59 Å². The maximum atomic E-state index is 13.5. The van der Waals surface area contributed by atoms with Crippen LogP contribution in [0.25, 0.3) is 0 Å². The van der Waals surface area contributed by atoms with Crippen LogP contribution in [0.4, 0.5) is 0 Å². The zero-order valence-corrected chi connectivity index (χ0v) is 19.9. The molecule has 2 fully saturated rings. The van der Waals surface area contributed by atoms with Crippen molar-refractivity contribution in [2.24, 2.45) is 0 Å². The molecule has 2 aliphatic rings. The average Bonchev–Trinajstić information content (AvgIpc) is 2.89. The Morgan fingerprint density at radius 2 is 1.74 bits per heavy atom. The van der Waals surface area contributed by atoms with Gasteiger partial charge < -0.3 is 24.0 Å². The van der Waals surface area contributed by atoms with Gasteiger partial charge in [0.2, 0.25) is 5.91 Å². The number of amides is 2. The lowest BCUT2D eigenvalue weighted by Crippen LogP contribution is -2.51. The summed E-state index contributed by atoms with van der Waals surface area (Å²) in [6.45, 7) is 7.56. The van der Waals surface area contributed by atoms with Crippen molar-refractivity contribution in [3.63, 3.8) is 0 Å². The number of methoxy groups -OCH3 is 1. The van der Waals surface area contributed by atoms with Gasteiger partial charge in [0.25, 0.3) is 5.91 Å². The Balaban J connectivity index is 1.46. The Bertz CT molecular complexity index is 975. The van der Waals surface area contributed by atoms with Crippen LogP contribution in [0, 0.1) is 0 Å². The third-order valence-corrected chi connectivity index (χ3v) is 6.46. The second kappa shape index (κ2) is 11.4. The first-order chi connectivity index (χ1) is 16.6. The minimum atomic E-state index is -0.212. The van der Waals surface area contributed by atoms with Gasteiger partial charge in [0.05, 0.1) is 31.9 Å². The normalized spacial score (nSPS) is 19.1. The van der Waals surface area contributed by atoms with Gasteiger partial charge in [-0.25, -0.2) is 0 Å². The molecule has 1 unspecified atom stereocenters. The number of para-hydroxylation sites is 1. The number of nitrogens with zero attached hydrogens (tertiary/aromatic N) is 3. The van der Waals surface area contributed by atoms with Crippen molar-refractivity contribution in [3.05, 3.63) is 59.7 Å². The predicted molar refractivity (Wildman–Crippen MR) is 128 cm³/mol. The second-order valence-corrected chi connectivity index (χ2v) is 8.55. The van der Waals surface area contributed by atoms with Gasteiger partial charge in [0, 0.05) is 46.2 Å². The van der Waals surface area contributed by atoms with E-state index in [1.807, 2.05) is 58.3 Å². The molecule has 0 bridgehead atoms. The lowest BCUT2D eigenvalue weighted by Gasteiger charge is -2.41. The number of carbonyl (C=O) groups excluding carboxylic acids is 2. The highest BCUT2D eigenvalue weighted by Crippen LogP contribution is 2.29. The summed E-state index contributed by atoms with van der Waals surface area (Å²) in [6.07, 6.45) is 0. The largest absolute Gasteiger partial charge is 0.497 e. The number of hydrogen-bond donors (Lipinski definition) is 0. The summed E-state index contributed by atoms with van der Waals surface area (Å²) in [7, 11) is 1.62. The molecule has 0 spiro atoms. The van der Waals surface area contributed by atoms with E-state index in [2.05, 4.69) is 4.90 Å². The van der Waals surface area contributed by atoms with Gasteiger partial charge in [-0.2, -0.15) is 0 Å². The number of carbonyl (C=O) groups is 2. The zero-order chi connectivity index (χ0) is 23.9. The van der Waals surface area contributed by atoms with Gasteiger partial charge in [-0.05, 0) is 29.8 Å². The highest BCUT2D eigenvalue weighted by molar-refractivity contribution is 5.97. The molecule has 8 nitrogen and oxygen atoms in total. The first-order valence-electron chi connectivity index (χ1n) is 11.8. The fourth-order valence-corrected chi connectivity index (χ4v) is 4.50. The molecule has 0 aliphatic carbocycles. The molecule has 2 heterocycles. The molecule has 8 heteroatoms. The van der Waals surface area contributed by atoms with E-state index < -0.39 is 0 Å². The average molecular weight is 468 g/mol. The van der Waals surface area contributed by atoms with Gasteiger partial charge in [0.15, 0.2) is 0 Å². The number of ether oxygens (including phenoxy) is 3. The molecular formula is C26H33N3O5. The molecule has 34 heavy (non-hydrogen) atoms. The van der Waals surface area contributed by atoms with Gasteiger partial charge in [-0.15, -0.1) is 0 Å². The summed E-state index contributed by atoms with van der Waals surface area (Å²) in [5, 5.41) is 0. The molecule has 2 aromatic rings. The van der Waals surface area contributed by atoms with Crippen LogP contribution in [0.3, 0.4) is 0 Å². The van der Waals surface area contributed by atoms with E-state index in [1.165, 1.54) is 0 Å². The fraction of sp³-hybridized carbons (Fsp3) is 0.462. The minimum Gasteiger partial charge on any atom is -0.497 e. The monoisotopic (exact) mass is 467 g/mol. The SMILES string of the molecule is COc1ccc(C2CN(C(=O)c3ccccc3OCCN3CCOCC3)CCN2C(C)=O)cc1. The first-order valence-corrected chi connectivity index (χ1v) is 11.8. The number of piperazine rings is 1. The van der Waals surface area contributed by atoms with Crippen LogP contribution in [0.5, 0.6) is 11.5 Å². The molecule has 4 rings (SSSR count). The lowest BCUT2D eigenvalue weighted by molar-refractivity contribution is -0.133. The number of hydrogen-bond acceptors (Lipinski definition) is 6. The molecule has 0 saturated carbocycles. The summed E-state index contributed by atoms with van der Waals surface area (Å²) < 4.78 is 16.7. The van der Waals surface area contributed by atoms with E-state index in [4.69, 9.17) is 14.2 Å². The van der Waals surface area contributed by atoms with Crippen LogP contribution in [-0.2, 0) is 9.53 Å². The molecule has 1 atom stereocenters. The van der Waals surface area contributed by atoms with Crippen LogP contribution in [-0.4, -0.2) is 92.7 Å². The maximum absolute atomic E-state index is 13.5. The third-order valence-electron chi connectivity index (χ3n) is 6.46. The Kier molecular flexibility index (Phi) is 8.03. The number of morpholine rings is 1. The van der Waals surface area contributed by atoms with Gasteiger partial charge in [-0.3, -0.25) is 14.5 Å². The Hall–Kier alpha value is -3.10. The second-order valence-electron chi connectivity index (χ2n) is 8.55. The van der Waals surface area contributed by atoms with Crippen molar-refractivity contribution < 1.29 is 23.8 Å². The summed E-state index contributed by atoms with van der Waals surface area (Å²) >= 11 is 0. The quantitative estimate of drug-likeness (QED) is 0.623. The van der Waals surface area contributed by atoms with Crippen molar-refractivity contribution in [1.82, 2.24) is 14.7 Å². The van der Waals surface area contributed by atoms with Crippen molar-refractivity contribution in [2.75, 3.05) is 66.2 Å². The minimum absolute atomic E-state index is 0.000219. The topological polar surface area (TPSA) is 71.5 Å². The molecule has 2 amide bonds. The Morgan fingerprint density at radius 1 is 1.00 bits per heavy atom. The van der Waals surface area contributed by atoms with E-state index >= 15 is 0 Å². The van der Waals surface area contributed by atoms with Gasteiger partial charge >= 0.3 is 0 Å². The molecule has 182 valence electrons. The van der Waals surface area contributed by atoms with Crippen molar-refractivity contribution in [1.29, 1.82) is 0 Å². The summed E-state index contributed by atoms with van der Waals surface area (Å²) in [4.78, 5) is 31.8. The standard InChI is InChI=1S/C26H33N3O5/c1-20(30)29-12-11-28(19-24(29)21-7-9-22(32-2)10-8-21)26(31)23-5-3-4-6-25(23)34-18-15-27-13-16-33-17-14-27/h3-10,24H,11-19H2,1-2H3. The number of rotatable bonds is 7. The van der Waals surface area contributed by atoms with E-state index in [0.717, 1.165) is 44.2 Å². The molecule has 2 aliphatic heterocycles. The fourth-order valence-electron chi connectivity index (χ4n) is 4.50. The smallest absolute Gasteiger partial charge is 0.257 e.